The zero-order valence-electron chi connectivity index (χ0n) is 12.6. The highest BCUT2D eigenvalue weighted by molar-refractivity contribution is 5.92. The second-order valence-corrected chi connectivity index (χ2v) is 5.68. The molecule has 2 rings (SSSR count). The number of benzene rings is 1. The minimum Gasteiger partial charge on any atom is -0.369 e. The summed E-state index contributed by atoms with van der Waals surface area (Å²) in [7, 11) is 0. The molecule has 1 saturated heterocycles. The van der Waals surface area contributed by atoms with Gasteiger partial charge in [-0.3, -0.25) is 4.79 Å². The van der Waals surface area contributed by atoms with Crippen molar-refractivity contribution in [3.63, 3.8) is 0 Å². The number of halogens is 1. The number of carbonyl (C=O) groups is 1. The second kappa shape index (κ2) is 7.41. The lowest BCUT2D eigenvalue weighted by Gasteiger charge is -2.19. The fourth-order valence-corrected chi connectivity index (χ4v) is 2.62. The molecular weight excluding hydrogens is 269 g/mol. The van der Waals surface area contributed by atoms with E-state index < -0.39 is 0 Å². The average molecular weight is 293 g/mol. The standard InChI is InChI=1S/C16H24FN3O/c1-12(5-4-8-18)16(21)19-13-6-7-15(14(17)11-13)20-9-2-3-10-20/h6-7,11-12H,2-5,8-10,18H2,1H3,(H,19,21). The molecule has 0 radical (unpaired) electrons. The molecular formula is C16H24FN3O. The summed E-state index contributed by atoms with van der Waals surface area (Å²) < 4.78 is 14.1. The fraction of sp³-hybridized carbons (Fsp3) is 0.562. The average Bonchev–Trinajstić information content (AvgIpc) is 2.98. The van der Waals surface area contributed by atoms with E-state index in [0.717, 1.165) is 38.8 Å². The summed E-state index contributed by atoms with van der Waals surface area (Å²) in [6.45, 7) is 4.24. The van der Waals surface area contributed by atoms with Gasteiger partial charge in [-0.1, -0.05) is 6.92 Å². The van der Waals surface area contributed by atoms with Crippen LogP contribution < -0.4 is 16.0 Å². The van der Waals surface area contributed by atoms with Gasteiger partial charge < -0.3 is 16.0 Å². The van der Waals surface area contributed by atoms with Gasteiger partial charge in [0.05, 0.1) is 5.69 Å². The summed E-state index contributed by atoms with van der Waals surface area (Å²) in [6.07, 6.45) is 3.78. The van der Waals surface area contributed by atoms with Crippen LogP contribution in [0.4, 0.5) is 15.8 Å². The molecule has 0 aliphatic carbocycles. The molecule has 1 aromatic carbocycles. The molecule has 0 saturated carbocycles. The molecule has 0 aromatic heterocycles. The van der Waals surface area contributed by atoms with E-state index in [-0.39, 0.29) is 17.6 Å². The fourth-order valence-electron chi connectivity index (χ4n) is 2.62. The molecule has 116 valence electrons. The van der Waals surface area contributed by atoms with Crippen LogP contribution in [0.15, 0.2) is 18.2 Å². The maximum Gasteiger partial charge on any atom is 0.227 e. The van der Waals surface area contributed by atoms with Crippen molar-refractivity contribution in [2.45, 2.75) is 32.6 Å². The largest absolute Gasteiger partial charge is 0.369 e. The Bertz CT molecular complexity index is 486. The lowest BCUT2D eigenvalue weighted by molar-refractivity contribution is -0.119. The van der Waals surface area contributed by atoms with Crippen LogP contribution in [0.2, 0.25) is 0 Å². The molecule has 0 bridgehead atoms. The first-order chi connectivity index (χ1) is 10.1. The molecule has 1 fully saturated rings. The number of amides is 1. The van der Waals surface area contributed by atoms with Crippen LogP contribution in [-0.2, 0) is 4.79 Å². The Morgan fingerprint density at radius 3 is 2.76 bits per heavy atom. The first-order valence-electron chi connectivity index (χ1n) is 7.67. The van der Waals surface area contributed by atoms with Crippen LogP contribution in [-0.4, -0.2) is 25.5 Å². The quantitative estimate of drug-likeness (QED) is 0.848. The Hall–Kier alpha value is -1.62. The van der Waals surface area contributed by atoms with Gasteiger partial charge in [0.25, 0.3) is 0 Å². The van der Waals surface area contributed by atoms with Gasteiger partial charge >= 0.3 is 0 Å². The van der Waals surface area contributed by atoms with Crippen molar-refractivity contribution in [1.82, 2.24) is 0 Å². The van der Waals surface area contributed by atoms with Crippen molar-refractivity contribution in [2.24, 2.45) is 11.7 Å². The van der Waals surface area contributed by atoms with Gasteiger partial charge in [-0.25, -0.2) is 4.39 Å². The second-order valence-electron chi connectivity index (χ2n) is 5.68. The van der Waals surface area contributed by atoms with Crippen LogP contribution >= 0.6 is 0 Å². The molecule has 5 heteroatoms. The van der Waals surface area contributed by atoms with Gasteiger partial charge in [0, 0.05) is 24.7 Å². The highest BCUT2D eigenvalue weighted by atomic mass is 19.1. The number of nitrogens with two attached hydrogens (primary N) is 1. The maximum atomic E-state index is 14.1. The summed E-state index contributed by atoms with van der Waals surface area (Å²) in [5.74, 6) is -0.476. The molecule has 3 N–H and O–H groups in total. The van der Waals surface area contributed by atoms with E-state index in [4.69, 9.17) is 5.73 Å². The van der Waals surface area contributed by atoms with Crippen molar-refractivity contribution in [2.75, 3.05) is 29.9 Å². The monoisotopic (exact) mass is 293 g/mol. The molecule has 21 heavy (non-hydrogen) atoms. The highest BCUT2D eigenvalue weighted by Crippen LogP contribution is 2.26. The third-order valence-corrected chi connectivity index (χ3v) is 3.95. The van der Waals surface area contributed by atoms with Gasteiger partial charge in [0.2, 0.25) is 5.91 Å². The molecule has 4 nitrogen and oxygen atoms in total. The van der Waals surface area contributed by atoms with Crippen LogP contribution in [0.5, 0.6) is 0 Å². The van der Waals surface area contributed by atoms with Gasteiger partial charge in [0.1, 0.15) is 5.82 Å². The number of nitrogens with one attached hydrogen (secondary N) is 1. The third-order valence-electron chi connectivity index (χ3n) is 3.95. The molecule has 1 heterocycles. The van der Waals surface area contributed by atoms with Crippen molar-refractivity contribution in [3.05, 3.63) is 24.0 Å². The van der Waals surface area contributed by atoms with Crippen LogP contribution in [0, 0.1) is 11.7 Å². The lowest BCUT2D eigenvalue weighted by Crippen LogP contribution is -2.22. The number of hydrogen-bond donors (Lipinski definition) is 2. The number of carbonyl (C=O) groups excluding carboxylic acids is 1. The Morgan fingerprint density at radius 2 is 2.14 bits per heavy atom. The van der Waals surface area contributed by atoms with E-state index in [9.17, 15) is 9.18 Å². The molecule has 1 unspecified atom stereocenters. The summed E-state index contributed by atoms with van der Waals surface area (Å²) in [4.78, 5) is 14.0. The normalized spacial score (nSPS) is 16.0. The van der Waals surface area contributed by atoms with Gasteiger partial charge in [-0.15, -0.1) is 0 Å². The predicted octanol–water partition coefficient (Wildman–Crippen LogP) is 2.74. The van der Waals surface area contributed by atoms with Crippen LogP contribution in [0.3, 0.4) is 0 Å². The summed E-state index contributed by atoms with van der Waals surface area (Å²) in [5.41, 5.74) is 6.58. The summed E-state index contributed by atoms with van der Waals surface area (Å²) in [5, 5.41) is 2.77. The Labute approximate surface area is 125 Å². The molecule has 1 aliphatic rings. The zero-order chi connectivity index (χ0) is 15.2. The highest BCUT2D eigenvalue weighted by Gasteiger charge is 2.17. The van der Waals surface area contributed by atoms with E-state index in [1.54, 1.807) is 12.1 Å². The molecule has 0 spiro atoms. The molecule has 1 amide bonds. The van der Waals surface area contributed by atoms with E-state index in [2.05, 4.69) is 5.32 Å². The topological polar surface area (TPSA) is 58.4 Å². The lowest BCUT2D eigenvalue weighted by atomic mass is 10.0. The SMILES string of the molecule is CC(CCCN)C(=O)Nc1ccc(N2CCCC2)c(F)c1. The predicted molar refractivity (Wildman–Crippen MR) is 83.9 cm³/mol. The van der Waals surface area contributed by atoms with Crippen molar-refractivity contribution in [1.29, 1.82) is 0 Å². The van der Waals surface area contributed by atoms with Crippen molar-refractivity contribution < 1.29 is 9.18 Å². The molecule has 1 aliphatic heterocycles. The number of hydrogen-bond acceptors (Lipinski definition) is 3. The molecule has 1 aromatic rings. The number of anilines is 2. The van der Waals surface area contributed by atoms with Gasteiger partial charge in [-0.05, 0) is 50.4 Å². The van der Waals surface area contributed by atoms with Gasteiger partial charge in [0.15, 0.2) is 0 Å². The third kappa shape index (κ3) is 4.17. The van der Waals surface area contributed by atoms with E-state index in [1.807, 2.05) is 11.8 Å². The van der Waals surface area contributed by atoms with E-state index in [1.165, 1.54) is 6.07 Å². The number of nitrogens with zero attached hydrogens (tertiary/aromatic N) is 1. The zero-order valence-corrected chi connectivity index (χ0v) is 12.6. The molecule has 1 atom stereocenters. The first kappa shape index (κ1) is 15.8. The Morgan fingerprint density at radius 1 is 1.43 bits per heavy atom. The van der Waals surface area contributed by atoms with Gasteiger partial charge in [-0.2, -0.15) is 0 Å². The van der Waals surface area contributed by atoms with E-state index in [0.29, 0.717) is 17.9 Å². The Balaban J connectivity index is 1.98. The van der Waals surface area contributed by atoms with Crippen LogP contribution in [0.25, 0.3) is 0 Å². The van der Waals surface area contributed by atoms with E-state index >= 15 is 0 Å². The Kier molecular flexibility index (Phi) is 5.56. The summed E-state index contributed by atoms with van der Waals surface area (Å²) in [6, 6.07) is 4.92. The van der Waals surface area contributed by atoms with Crippen LogP contribution in [0.1, 0.15) is 32.6 Å². The maximum absolute atomic E-state index is 14.1. The smallest absolute Gasteiger partial charge is 0.227 e. The van der Waals surface area contributed by atoms with Crippen molar-refractivity contribution in [3.8, 4) is 0 Å². The first-order valence-corrected chi connectivity index (χ1v) is 7.67. The minimum absolute atomic E-state index is 0.0863. The van der Waals surface area contributed by atoms with Crippen molar-refractivity contribution >= 4 is 17.3 Å². The number of rotatable bonds is 6. The summed E-state index contributed by atoms with van der Waals surface area (Å²) >= 11 is 0. The minimum atomic E-state index is -0.274.